The lowest BCUT2D eigenvalue weighted by Crippen LogP contribution is -2.52. The van der Waals surface area contributed by atoms with E-state index in [-0.39, 0.29) is 23.8 Å². The number of ether oxygens (including phenoxy) is 1. The number of carbonyl (C=O) groups is 2. The van der Waals surface area contributed by atoms with Crippen LogP contribution in [0.2, 0.25) is 0 Å². The molecule has 1 aliphatic rings. The van der Waals surface area contributed by atoms with Gasteiger partial charge in [-0.1, -0.05) is 13.3 Å². The van der Waals surface area contributed by atoms with E-state index in [1.807, 2.05) is 0 Å². The first-order chi connectivity index (χ1) is 8.56. The first-order valence-corrected chi connectivity index (χ1v) is 6.64. The molecule has 0 saturated carbocycles. The standard InChI is InChI=1S/C13H24N2O3/c1-4-5-6-15-8-11(13(17)18-3)7-12(9-15)14-10(2)16/h11-12H,4-9H2,1-3H3,(H,14,16). The Labute approximate surface area is 109 Å². The highest BCUT2D eigenvalue weighted by molar-refractivity contribution is 5.74. The molecule has 0 aromatic carbocycles. The molecule has 1 aliphatic heterocycles. The van der Waals surface area contributed by atoms with Gasteiger partial charge >= 0.3 is 5.97 Å². The highest BCUT2D eigenvalue weighted by atomic mass is 16.5. The van der Waals surface area contributed by atoms with Gasteiger partial charge in [0.05, 0.1) is 13.0 Å². The van der Waals surface area contributed by atoms with Gasteiger partial charge in [0.1, 0.15) is 0 Å². The molecular weight excluding hydrogens is 232 g/mol. The molecule has 0 aliphatic carbocycles. The van der Waals surface area contributed by atoms with Crippen LogP contribution in [0, 0.1) is 5.92 Å². The number of nitrogens with zero attached hydrogens (tertiary/aromatic N) is 1. The Balaban J connectivity index is 2.59. The molecule has 0 aromatic heterocycles. The van der Waals surface area contributed by atoms with Crippen molar-refractivity contribution in [2.75, 3.05) is 26.7 Å². The van der Waals surface area contributed by atoms with E-state index in [9.17, 15) is 9.59 Å². The van der Waals surface area contributed by atoms with Gasteiger partial charge in [-0.25, -0.2) is 0 Å². The molecule has 1 heterocycles. The number of unbranched alkanes of at least 4 members (excludes halogenated alkanes) is 1. The fourth-order valence-corrected chi connectivity index (χ4v) is 2.48. The van der Waals surface area contributed by atoms with Crippen molar-refractivity contribution in [2.24, 2.45) is 5.92 Å². The smallest absolute Gasteiger partial charge is 0.310 e. The number of rotatable bonds is 5. The maximum Gasteiger partial charge on any atom is 0.310 e. The van der Waals surface area contributed by atoms with Crippen molar-refractivity contribution in [3.63, 3.8) is 0 Å². The highest BCUT2D eigenvalue weighted by Gasteiger charge is 2.32. The summed E-state index contributed by atoms with van der Waals surface area (Å²) >= 11 is 0. The van der Waals surface area contributed by atoms with Gasteiger partial charge in [0.2, 0.25) is 5.91 Å². The van der Waals surface area contributed by atoms with Crippen LogP contribution < -0.4 is 5.32 Å². The maximum atomic E-state index is 11.7. The fraction of sp³-hybridized carbons (Fsp3) is 0.846. The zero-order valence-corrected chi connectivity index (χ0v) is 11.6. The Hall–Kier alpha value is -1.10. The van der Waals surface area contributed by atoms with Crippen molar-refractivity contribution in [1.82, 2.24) is 10.2 Å². The van der Waals surface area contributed by atoms with Crippen LogP contribution >= 0.6 is 0 Å². The van der Waals surface area contributed by atoms with Crippen molar-refractivity contribution in [3.05, 3.63) is 0 Å². The minimum atomic E-state index is -0.174. The lowest BCUT2D eigenvalue weighted by molar-refractivity contribution is -0.148. The lowest BCUT2D eigenvalue weighted by atomic mass is 9.94. The molecule has 104 valence electrons. The predicted octanol–water partition coefficient (Wildman–Crippen LogP) is 0.786. The Morgan fingerprint density at radius 1 is 1.39 bits per heavy atom. The summed E-state index contributed by atoms with van der Waals surface area (Å²) in [5, 5.41) is 2.91. The third kappa shape index (κ3) is 4.64. The van der Waals surface area contributed by atoms with Gasteiger partial charge in [-0.15, -0.1) is 0 Å². The zero-order chi connectivity index (χ0) is 13.5. The van der Waals surface area contributed by atoms with Crippen LogP contribution in [0.5, 0.6) is 0 Å². The summed E-state index contributed by atoms with van der Waals surface area (Å²) in [4.78, 5) is 25.0. The topological polar surface area (TPSA) is 58.6 Å². The number of carbonyl (C=O) groups excluding carboxylic acids is 2. The number of piperidine rings is 1. The number of amides is 1. The van der Waals surface area contributed by atoms with Crippen molar-refractivity contribution in [3.8, 4) is 0 Å². The highest BCUT2D eigenvalue weighted by Crippen LogP contribution is 2.18. The van der Waals surface area contributed by atoms with Crippen molar-refractivity contribution in [1.29, 1.82) is 0 Å². The quantitative estimate of drug-likeness (QED) is 0.739. The van der Waals surface area contributed by atoms with E-state index in [2.05, 4.69) is 17.1 Å². The normalized spacial score (nSPS) is 24.6. The van der Waals surface area contributed by atoms with Crippen LogP contribution in [0.4, 0.5) is 0 Å². The first-order valence-electron chi connectivity index (χ1n) is 6.64. The predicted molar refractivity (Wildman–Crippen MR) is 69.1 cm³/mol. The second kappa shape index (κ2) is 7.36. The van der Waals surface area contributed by atoms with E-state index in [4.69, 9.17) is 4.74 Å². The molecule has 5 nitrogen and oxygen atoms in total. The van der Waals surface area contributed by atoms with Gasteiger partial charge in [-0.2, -0.15) is 0 Å². The van der Waals surface area contributed by atoms with Crippen LogP contribution in [0.15, 0.2) is 0 Å². The summed E-state index contributed by atoms with van der Waals surface area (Å²) in [5.74, 6) is -0.343. The molecule has 5 heteroatoms. The van der Waals surface area contributed by atoms with E-state index in [0.29, 0.717) is 6.42 Å². The van der Waals surface area contributed by atoms with Gasteiger partial charge in [-0.05, 0) is 19.4 Å². The fourth-order valence-electron chi connectivity index (χ4n) is 2.48. The second-order valence-corrected chi connectivity index (χ2v) is 4.97. The minimum absolute atomic E-state index is 0.0408. The largest absolute Gasteiger partial charge is 0.469 e. The monoisotopic (exact) mass is 256 g/mol. The maximum absolute atomic E-state index is 11.7. The first kappa shape index (κ1) is 15.0. The van der Waals surface area contributed by atoms with E-state index < -0.39 is 0 Å². The van der Waals surface area contributed by atoms with Crippen molar-refractivity contribution in [2.45, 2.75) is 39.2 Å². The van der Waals surface area contributed by atoms with Gasteiger partial charge in [0.15, 0.2) is 0 Å². The van der Waals surface area contributed by atoms with Crippen LogP contribution in [0.1, 0.15) is 33.1 Å². The van der Waals surface area contributed by atoms with Gasteiger partial charge in [0, 0.05) is 26.1 Å². The molecule has 1 fully saturated rings. The number of methoxy groups -OCH3 is 1. The third-order valence-corrected chi connectivity index (χ3v) is 3.30. The average molecular weight is 256 g/mol. The molecule has 0 aromatic rings. The zero-order valence-electron chi connectivity index (χ0n) is 11.6. The molecule has 1 saturated heterocycles. The van der Waals surface area contributed by atoms with E-state index in [0.717, 1.165) is 32.5 Å². The summed E-state index contributed by atoms with van der Waals surface area (Å²) in [7, 11) is 1.42. The Bertz CT molecular complexity index is 294. The van der Waals surface area contributed by atoms with Crippen LogP contribution in [-0.4, -0.2) is 49.6 Å². The van der Waals surface area contributed by atoms with Crippen molar-refractivity contribution >= 4 is 11.9 Å². The third-order valence-electron chi connectivity index (χ3n) is 3.30. The molecule has 2 atom stereocenters. The van der Waals surface area contributed by atoms with Gasteiger partial charge in [-0.3, -0.25) is 9.59 Å². The molecule has 0 spiro atoms. The number of hydrogen-bond acceptors (Lipinski definition) is 4. The lowest BCUT2D eigenvalue weighted by Gasteiger charge is -2.36. The molecule has 1 rings (SSSR count). The summed E-state index contributed by atoms with van der Waals surface area (Å²) < 4.78 is 4.82. The summed E-state index contributed by atoms with van der Waals surface area (Å²) in [6.45, 7) is 6.20. The number of likely N-dealkylation sites (tertiary alicyclic amines) is 1. The van der Waals surface area contributed by atoms with Crippen LogP contribution in [0.25, 0.3) is 0 Å². The Morgan fingerprint density at radius 3 is 2.67 bits per heavy atom. The second-order valence-electron chi connectivity index (χ2n) is 4.97. The molecule has 18 heavy (non-hydrogen) atoms. The van der Waals surface area contributed by atoms with Crippen molar-refractivity contribution < 1.29 is 14.3 Å². The molecule has 0 bridgehead atoms. The van der Waals surface area contributed by atoms with Gasteiger partial charge in [0.25, 0.3) is 0 Å². The van der Waals surface area contributed by atoms with Crippen LogP contribution in [-0.2, 0) is 14.3 Å². The molecule has 1 amide bonds. The summed E-state index contributed by atoms with van der Waals surface area (Å²) in [6, 6.07) is 0.0530. The van der Waals surface area contributed by atoms with E-state index >= 15 is 0 Å². The SMILES string of the molecule is CCCCN1CC(NC(C)=O)CC(C(=O)OC)C1. The summed E-state index contributed by atoms with van der Waals surface area (Å²) in [5.41, 5.74) is 0. The van der Waals surface area contributed by atoms with E-state index in [1.165, 1.54) is 14.0 Å². The van der Waals surface area contributed by atoms with Gasteiger partial charge < -0.3 is 15.0 Å². The molecule has 1 N–H and O–H groups in total. The number of esters is 1. The number of hydrogen-bond donors (Lipinski definition) is 1. The summed E-state index contributed by atoms with van der Waals surface area (Å²) in [6.07, 6.45) is 2.92. The van der Waals surface area contributed by atoms with Crippen LogP contribution in [0.3, 0.4) is 0 Å². The molecule has 0 radical (unpaired) electrons. The minimum Gasteiger partial charge on any atom is -0.469 e. The Kier molecular flexibility index (Phi) is 6.12. The average Bonchev–Trinajstić information content (AvgIpc) is 2.34. The Morgan fingerprint density at radius 2 is 2.11 bits per heavy atom. The van der Waals surface area contributed by atoms with E-state index in [1.54, 1.807) is 0 Å². The molecule has 2 unspecified atom stereocenters. The molecular formula is C13H24N2O3. The number of nitrogens with one attached hydrogen (secondary N) is 1.